The highest BCUT2D eigenvalue weighted by Gasteiger charge is 2.22. The van der Waals surface area contributed by atoms with Crippen LogP contribution in [0.3, 0.4) is 0 Å². The Hall–Kier alpha value is -1.88. The fourth-order valence-corrected chi connectivity index (χ4v) is 2.81. The van der Waals surface area contributed by atoms with Crippen molar-refractivity contribution in [1.82, 2.24) is 4.98 Å². The summed E-state index contributed by atoms with van der Waals surface area (Å²) >= 11 is 1.32. The molecule has 0 aliphatic rings. The van der Waals surface area contributed by atoms with Gasteiger partial charge in [-0.1, -0.05) is 30.3 Å². The van der Waals surface area contributed by atoms with Crippen LogP contribution in [0.25, 0.3) is 0 Å². The minimum atomic E-state index is -0.993. The Morgan fingerprint density at radius 1 is 1.35 bits per heavy atom. The molecule has 0 fully saturated rings. The third-order valence-electron chi connectivity index (χ3n) is 3.10. The van der Waals surface area contributed by atoms with Gasteiger partial charge in [0.1, 0.15) is 5.00 Å². The van der Waals surface area contributed by atoms with Crippen molar-refractivity contribution in [3.63, 3.8) is 0 Å². The number of hydrogen-bond donors (Lipinski definition) is 2. The summed E-state index contributed by atoms with van der Waals surface area (Å²) in [6, 6.07) is 10.3. The first-order chi connectivity index (χ1) is 9.48. The molecule has 1 heterocycles. The van der Waals surface area contributed by atoms with Crippen molar-refractivity contribution in [1.29, 1.82) is 0 Å². The van der Waals surface area contributed by atoms with Gasteiger partial charge in [-0.25, -0.2) is 9.78 Å². The molecule has 1 aromatic heterocycles. The monoisotopic (exact) mass is 290 g/mol. The second kappa shape index (κ2) is 6.05. The van der Waals surface area contributed by atoms with E-state index in [1.807, 2.05) is 18.2 Å². The van der Waals surface area contributed by atoms with Crippen LogP contribution in [0.2, 0.25) is 0 Å². The van der Waals surface area contributed by atoms with Crippen molar-refractivity contribution in [2.45, 2.75) is 32.2 Å². The zero-order chi connectivity index (χ0) is 14.6. The number of carboxylic acid groups (broad SMARTS) is 1. The summed E-state index contributed by atoms with van der Waals surface area (Å²) < 4.78 is 0. The van der Waals surface area contributed by atoms with Crippen LogP contribution in [0.4, 0.5) is 5.00 Å². The van der Waals surface area contributed by atoms with Gasteiger partial charge in [0, 0.05) is 5.54 Å². The summed E-state index contributed by atoms with van der Waals surface area (Å²) in [6.45, 7) is 4.14. The van der Waals surface area contributed by atoms with Crippen LogP contribution in [0, 0.1) is 0 Å². The van der Waals surface area contributed by atoms with Crippen LogP contribution in [-0.2, 0) is 6.42 Å². The van der Waals surface area contributed by atoms with Crippen molar-refractivity contribution in [3.05, 3.63) is 47.1 Å². The molecule has 0 aliphatic heterocycles. The molecule has 106 valence electrons. The molecule has 0 radical (unpaired) electrons. The molecule has 0 atom stereocenters. The highest BCUT2D eigenvalue weighted by atomic mass is 32.1. The lowest BCUT2D eigenvalue weighted by atomic mass is 9.95. The number of aromatic nitrogens is 1. The number of carbonyl (C=O) groups is 1. The van der Waals surface area contributed by atoms with Crippen molar-refractivity contribution in [2.24, 2.45) is 0 Å². The Kier molecular flexibility index (Phi) is 4.39. The van der Waals surface area contributed by atoms with Gasteiger partial charge in [-0.15, -0.1) is 11.3 Å². The van der Waals surface area contributed by atoms with Gasteiger partial charge in [0.25, 0.3) is 0 Å². The molecule has 0 aliphatic carbocycles. The van der Waals surface area contributed by atoms with E-state index in [1.165, 1.54) is 16.9 Å². The predicted octanol–water partition coefficient (Wildman–Crippen LogP) is 3.66. The predicted molar refractivity (Wildman–Crippen MR) is 81.5 cm³/mol. The standard InChI is InChI=1S/C15H18N2O2S/c1-15(2,9-8-11-6-4-3-5-7-11)17-13-12(14(18)19)16-10-20-13/h3-7,10,17H,8-9H2,1-2H3,(H,18,19). The van der Waals surface area contributed by atoms with Crippen LogP contribution in [-0.4, -0.2) is 21.6 Å². The number of benzene rings is 1. The summed E-state index contributed by atoms with van der Waals surface area (Å²) in [4.78, 5) is 14.9. The van der Waals surface area contributed by atoms with Gasteiger partial charge in [0.15, 0.2) is 5.69 Å². The molecule has 1 aromatic carbocycles. The van der Waals surface area contributed by atoms with Gasteiger partial charge in [0.05, 0.1) is 5.51 Å². The van der Waals surface area contributed by atoms with Gasteiger partial charge in [-0.05, 0) is 32.3 Å². The zero-order valence-electron chi connectivity index (χ0n) is 11.6. The van der Waals surface area contributed by atoms with Gasteiger partial charge >= 0.3 is 5.97 Å². The highest BCUT2D eigenvalue weighted by Crippen LogP contribution is 2.26. The first-order valence-electron chi connectivity index (χ1n) is 6.47. The number of thiazole rings is 1. The molecular formula is C15H18N2O2S. The maximum Gasteiger partial charge on any atom is 0.357 e. The molecule has 0 amide bonds. The molecule has 0 bridgehead atoms. The van der Waals surface area contributed by atoms with Crippen LogP contribution in [0.1, 0.15) is 36.3 Å². The number of rotatable bonds is 6. The second-order valence-electron chi connectivity index (χ2n) is 5.33. The van der Waals surface area contributed by atoms with E-state index in [0.29, 0.717) is 5.00 Å². The third-order valence-corrected chi connectivity index (χ3v) is 3.85. The molecule has 0 saturated carbocycles. The average molecular weight is 290 g/mol. The number of aromatic carboxylic acids is 1. The molecule has 0 unspecified atom stereocenters. The van der Waals surface area contributed by atoms with E-state index in [2.05, 4.69) is 36.3 Å². The van der Waals surface area contributed by atoms with E-state index in [9.17, 15) is 4.79 Å². The minimum Gasteiger partial charge on any atom is -0.476 e. The largest absolute Gasteiger partial charge is 0.476 e. The van der Waals surface area contributed by atoms with Crippen LogP contribution in [0.5, 0.6) is 0 Å². The summed E-state index contributed by atoms with van der Waals surface area (Å²) in [6.07, 6.45) is 1.86. The molecule has 2 N–H and O–H groups in total. The van der Waals surface area contributed by atoms with Crippen molar-refractivity contribution < 1.29 is 9.90 Å². The van der Waals surface area contributed by atoms with Gasteiger partial charge in [-0.2, -0.15) is 0 Å². The van der Waals surface area contributed by atoms with E-state index in [-0.39, 0.29) is 11.2 Å². The molecule has 0 saturated heterocycles. The number of nitrogens with one attached hydrogen (secondary N) is 1. The van der Waals surface area contributed by atoms with Crippen molar-refractivity contribution in [2.75, 3.05) is 5.32 Å². The highest BCUT2D eigenvalue weighted by molar-refractivity contribution is 7.14. The Labute approximate surface area is 122 Å². The summed E-state index contributed by atoms with van der Waals surface area (Å²) in [7, 11) is 0. The topological polar surface area (TPSA) is 62.2 Å². The number of carboxylic acids is 1. The first-order valence-corrected chi connectivity index (χ1v) is 7.35. The molecule has 5 heteroatoms. The van der Waals surface area contributed by atoms with E-state index >= 15 is 0 Å². The quantitative estimate of drug-likeness (QED) is 0.852. The van der Waals surface area contributed by atoms with E-state index in [0.717, 1.165) is 12.8 Å². The zero-order valence-corrected chi connectivity index (χ0v) is 12.4. The van der Waals surface area contributed by atoms with E-state index in [4.69, 9.17) is 5.11 Å². The molecule has 2 rings (SSSR count). The SMILES string of the molecule is CC(C)(CCc1ccccc1)Nc1scnc1C(=O)O. The number of hydrogen-bond acceptors (Lipinski definition) is 4. The lowest BCUT2D eigenvalue weighted by Crippen LogP contribution is -2.31. The lowest BCUT2D eigenvalue weighted by Gasteiger charge is -2.27. The third kappa shape index (κ3) is 3.81. The fraction of sp³-hybridized carbons (Fsp3) is 0.333. The maximum atomic E-state index is 11.1. The summed E-state index contributed by atoms with van der Waals surface area (Å²) in [5.41, 5.74) is 2.75. The molecule has 2 aromatic rings. The Bertz CT molecular complexity index is 579. The molecule has 0 spiro atoms. The second-order valence-corrected chi connectivity index (χ2v) is 6.18. The fourth-order valence-electron chi connectivity index (χ4n) is 1.96. The average Bonchev–Trinajstić information content (AvgIpc) is 2.85. The molecule has 4 nitrogen and oxygen atoms in total. The van der Waals surface area contributed by atoms with Crippen LogP contribution < -0.4 is 5.32 Å². The van der Waals surface area contributed by atoms with Gasteiger partial charge in [0.2, 0.25) is 0 Å². The number of nitrogens with zero attached hydrogens (tertiary/aromatic N) is 1. The summed E-state index contributed by atoms with van der Waals surface area (Å²) in [5, 5.41) is 13.0. The molecule has 20 heavy (non-hydrogen) atoms. The van der Waals surface area contributed by atoms with Gasteiger partial charge in [-0.3, -0.25) is 0 Å². The normalized spacial score (nSPS) is 11.3. The number of aryl methyl sites for hydroxylation is 1. The summed E-state index contributed by atoms with van der Waals surface area (Å²) in [5.74, 6) is -0.993. The van der Waals surface area contributed by atoms with Crippen molar-refractivity contribution >= 4 is 22.3 Å². The Balaban J connectivity index is 2.00. The maximum absolute atomic E-state index is 11.1. The smallest absolute Gasteiger partial charge is 0.357 e. The van der Waals surface area contributed by atoms with Crippen LogP contribution in [0.15, 0.2) is 35.8 Å². The number of anilines is 1. The van der Waals surface area contributed by atoms with Crippen molar-refractivity contribution in [3.8, 4) is 0 Å². The van der Waals surface area contributed by atoms with E-state index < -0.39 is 5.97 Å². The van der Waals surface area contributed by atoms with E-state index in [1.54, 1.807) is 5.51 Å². The van der Waals surface area contributed by atoms with Gasteiger partial charge < -0.3 is 10.4 Å². The Morgan fingerprint density at radius 3 is 2.70 bits per heavy atom. The molecular weight excluding hydrogens is 272 g/mol. The lowest BCUT2D eigenvalue weighted by molar-refractivity contribution is 0.0692. The Morgan fingerprint density at radius 2 is 2.05 bits per heavy atom. The van der Waals surface area contributed by atoms with Crippen LogP contribution >= 0.6 is 11.3 Å². The first kappa shape index (κ1) is 14.5. The minimum absolute atomic E-state index is 0.0998.